The Kier molecular flexibility index (Phi) is 3.33. The van der Waals surface area contributed by atoms with Crippen LogP contribution >= 0.6 is 0 Å². The molecule has 0 bridgehead atoms. The van der Waals surface area contributed by atoms with E-state index in [1.165, 1.54) is 18.2 Å². The quantitative estimate of drug-likeness (QED) is 0.569. The highest BCUT2D eigenvalue weighted by Gasteiger charge is 2.53. The van der Waals surface area contributed by atoms with Crippen LogP contribution < -0.4 is 0 Å². The Hall–Kier alpha value is -2.43. The summed E-state index contributed by atoms with van der Waals surface area (Å²) in [6, 6.07) is -0.0642. The summed E-state index contributed by atoms with van der Waals surface area (Å²) in [7, 11) is 2.33. The number of ketones is 1. The van der Waals surface area contributed by atoms with E-state index in [0.29, 0.717) is 5.57 Å². The standard InChI is InChI=1S/C16H16O5/c1-11-4-9-16(13(18)20-2,14(19)21-3)10-15(11)7-5-12(17)6-8-15/h4-9H,1,10H2,2-3H3/i4D. The molecule has 5 nitrogen and oxygen atoms in total. The van der Waals surface area contributed by atoms with E-state index in [4.69, 9.17) is 10.8 Å². The molecule has 0 radical (unpaired) electrons. The molecule has 0 saturated carbocycles. The second-order valence-electron chi connectivity index (χ2n) is 5.01. The van der Waals surface area contributed by atoms with Crippen LogP contribution in [-0.2, 0) is 23.9 Å². The molecular formula is C16H16O5. The zero-order valence-corrected chi connectivity index (χ0v) is 11.8. The zero-order valence-electron chi connectivity index (χ0n) is 12.8. The summed E-state index contributed by atoms with van der Waals surface area (Å²) in [5, 5.41) is 0. The topological polar surface area (TPSA) is 69.7 Å². The number of rotatable bonds is 2. The molecule has 2 rings (SSSR count). The van der Waals surface area contributed by atoms with Crippen LogP contribution in [0.5, 0.6) is 0 Å². The van der Waals surface area contributed by atoms with Crippen molar-refractivity contribution in [1.29, 1.82) is 0 Å². The first-order valence-corrected chi connectivity index (χ1v) is 6.30. The number of carbonyl (C=O) groups excluding carboxylic acids is 3. The van der Waals surface area contributed by atoms with E-state index >= 15 is 0 Å². The third-order valence-corrected chi connectivity index (χ3v) is 3.82. The molecule has 0 heterocycles. The molecule has 0 aromatic heterocycles. The lowest BCUT2D eigenvalue weighted by atomic mass is 9.62. The van der Waals surface area contributed by atoms with Crippen molar-refractivity contribution in [1.82, 2.24) is 0 Å². The Morgan fingerprint density at radius 1 is 1.19 bits per heavy atom. The molecule has 2 aliphatic rings. The highest BCUT2D eigenvalue weighted by Crippen LogP contribution is 2.49. The zero-order chi connectivity index (χ0) is 16.5. The Labute approximate surface area is 124 Å². The number of hydrogen-bond acceptors (Lipinski definition) is 5. The van der Waals surface area contributed by atoms with Gasteiger partial charge in [-0.3, -0.25) is 14.4 Å². The molecule has 0 unspecified atom stereocenters. The molecule has 0 fully saturated rings. The summed E-state index contributed by atoms with van der Waals surface area (Å²) in [5.74, 6) is -1.83. The molecular weight excluding hydrogens is 272 g/mol. The lowest BCUT2D eigenvalue weighted by Crippen LogP contribution is -2.46. The van der Waals surface area contributed by atoms with Gasteiger partial charge in [-0.05, 0) is 24.1 Å². The first kappa shape index (κ1) is 13.5. The summed E-state index contributed by atoms with van der Waals surface area (Å²) in [6.07, 6.45) is 6.95. The van der Waals surface area contributed by atoms with E-state index < -0.39 is 22.8 Å². The van der Waals surface area contributed by atoms with Gasteiger partial charge in [-0.15, -0.1) is 0 Å². The molecule has 110 valence electrons. The van der Waals surface area contributed by atoms with Gasteiger partial charge in [0.25, 0.3) is 0 Å². The van der Waals surface area contributed by atoms with Crippen molar-refractivity contribution in [2.24, 2.45) is 10.8 Å². The van der Waals surface area contributed by atoms with Gasteiger partial charge in [0.1, 0.15) is 0 Å². The van der Waals surface area contributed by atoms with Gasteiger partial charge in [-0.2, -0.15) is 0 Å². The average molecular weight is 289 g/mol. The van der Waals surface area contributed by atoms with Crippen molar-refractivity contribution in [3.8, 4) is 0 Å². The van der Waals surface area contributed by atoms with Crippen molar-refractivity contribution in [2.45, 2.75) is 6.42 Å². The molecule has 5 heteroatoms. The highest BCUT2D eigenvalue weighted by atomic mass is 16.5. The van der Waals surface area contributed by atoms with Crippen LogP contribution in [-0.4, -0.2) is 31.9 Å². The molecule has 21 heavy (non-hydrogen) atoms. The average Bonchev–Trinajstić information content (AvgIpc) is 2.53. The molecule has 0 aromatic rings. The Morgan fingerprint density at radius 2 is 1.71 bits per heavy atom. The summed E-state index contributed by atoms with van der Waals surface area (Å²) < 4.78 is 17.6. The maximum absolute atomic E-state index is 12.2. The Balaban J connectivity index is 2.63. The minimum absolute atomic E-state index is 0.0408. The van der Waals surface area contributed by atoms with Crippen LogP contribution in [0.15, 0.2) is 48.6 Å². The fourth-order valence-corrected chi connectivity index (χ4v) is 2.57. The van der Waals surface area contributed by atoms with Crippen molar-refractivity contribution in [3.05, 3.63) is 48.6 Å². The van der Waals surface area contributed by atoms with Gasteiger partial charge < -0.3 is 9.47 Å². The predicted octanol–water partition coefficient (Wildman–Crippen LogP) is 1.52. The molecule has 0 aromatic carbocycles. The maximum atomic E-state index is 12.2. The third kappa shape index (κ3) is 2.24. The third-order valence-electron chi connectivity index (χ3n) is 3.82. The van der Waals surface area contributed by atoms with Gasteiger partial charge in [0.05, 0.1) is 15.6 Å². The molecule has 0 amide bonds. The van der Waals surface area contributed by atoms with Crippen molar-refractivity contribution >= 4 is 17.7 Å². The SMILES string of the molecule is [2H]C1=CC(C(=O)OC)(C(=O)OC)CC2(C=CC(=O)C=C2)C1=C. The van der Waals surface area contributed by atoms with Crippen LogP contribution in [0.1, 0.15) is 7.79 Å². The van der Waals surface area contributed by atoms with E-state index in [9.17, 15) is 14.4 Å². The van der Waals surface area contributed by atoms with E-state index in [1.807, 2.05) is 0 Å². The van der Waals surface area contributed by atoms with E-state index in [0.717, 1.165) is 14.2 Å². The van der Waals surface area contributed by atoms with Gasteiger partial charge in [0.2, 0.25) is 0 Å². The summed E-state index contributed by atoms with van der Waals surface area (Å²) >= 11 is 0. The number of esters is 2. The van der Waals surface area contributed by atoms with Gasteiger partial charge in [-0.1, -0.05) is 30.9 Å². The summed E-state index contributed by atoms with van der Waals surface area (Å²) in [6.45, 7) is 3.86. The molecule has 2 aliphatic carbocycles. The smallest absolute Gasteiger partial charge is 0.327 e. The molecule has 0 aliphatic heterocycles. The van der Waals surface area contributed by atoms with Crippen molar-refractivity contribution in [2.75, 3.05) is 14.2 Å². The Bertz CT molecular complexity index is 621. The largest absolute Gasteiger partial charge is 0.468 e. The second-order valence-corrected chi connectivity index (χ2v) is 5.01. The minimum atomic E-state index is -1.74. The summed E-state index contributed by atoms with van der Waals surface area (Å²) in [4.78, 5) is 35.8. The number of hydrogen-bond donors (Lipinski definition) is 0. The first-order valence-electron chi connectivity index (χ1n) is 6.80. The van der Waals surface area contributed by atoms with Gasteiger partial charge in [-0.25, -0.2) is 0 Å². The van der Waals surface area contributed by atoms with Crippen LogP contribution in [0.25, 0.3) is 0 Å². The molecule has 0 saturated heterocycles. The lowest BCUT2D eigenvalue weighted by molar-refractivity contribution is -0.166. The van der Waals surface area contributed by atoms with E-state index in [2.05, 4.69) is 6.58 Å². The van der Waals surface area contributed by atoms with E-state index in [1.54, 1.807) is 12.2 Å². The number of ether oxygens (including phenoxy) is 2. The second kappa shape index (κ2) is 5.16. The Morgan fingerprint density at radius 3 is 2.19 bits per heavy atom. The van der Waals surface area contributed by atoms with Crippen LogP contribution in [0.2, 0.25) is 0 Å². The normalized spacial score (nSPS) is 22.6. The molecule has 1 spiro atoms. The van der Waals surface area contributed by atoms with Crippen molar-refractivity contribution in [3.63, 3.8) is 0 Å². The first-order chi connectivity index (χ1) is 10.3. The predicted molar refractivity (Wildman–Crippen MR) is 75.1 cm³/mol. The molecule has 0 N–H and O–H groups in total. The maximum Gasteiger partial charge on any atom is 0.327 e. The minimum Gasteiger partial charge on any atom is -0.468 e. The molecule has 0 atom stereocenters. The van der Waals surface area contributed by atoms with Crippen LogP contribution in [0.3, 0.4) is 0 Å². The lowest BCUT2D eigenvalue weighted by Gasteiger charge is -2.40. The monoisotopic (exact) mass is 289 g/mol. The number of allylic oxidation sites excluding steroid dienone is 6. The van der Waals surface area contributed by atoms with Gasteiger partial charge >= 0.3 is 11.9 Å². The van der Waals surface area contributed by atoms with Crippen molar-refractivity contribution < 1.29 is 25.2 Å². The van der Waals surface area contributed by atoms with Crippen LogP contribution in [0, 0.1) is 10.8 Å². The summed E-state index contributed by atoms with van der Waals surface area (Å²) in [5.41, 5.74) is -2.31. The fourth-order valence-electron chi connectivity index (χ4n) is 2.57. The van der Waals surface area contributed by atoms with Gasteiger partial charge in [0.15, 0.2) is 11.2 Å². The fraction of sp³-hybridized carbons (Fsp3) is 0.312. The number of carbonyl (C=O) groups is 3. The highest BCUT2D eigenvalue weighted by molar-refractivity contribution is 6.04. The number of methoxy groups -OCH3 is 2. The van der Waals surface area contributed by atoms with Gasteiger partial charge in [0, 0.05) is 5.41 Å². The van der Waals surface area contributed by atoms with E-state index in [-0.39, 0.29) is 18.3 Å². The van der Waals surface area contributed by atoms with Crippen LogP contribution in [0.4, 0.5) is 0 Å².